The number of nitrogens with one attached hydrogen (secondary N) is 1. The smallest absolute Gasteiger partial charge is 0.387 e. The zero-order valence-electron chi connectivity index (χ0n) is 13.6. The van der Waals surface area contributed by atoms with Crippen molar-refractivity contribution >= 4 is 35.0 Å². The van der Waals surface area contributed by atoms with Gasteiger partial charge in [0.05, 0.1) is 22.0 Å². The van der Waals surface area contributed by atoms with Crippen LogP contribution in [0.4, 0.5) is 14.5 Å². The lowest BCUT2D eigenvalue weighted by Crippen LogP contribution is -2.15. The van der Waals surface area contributed by atoms with Crippen LogP contribution in [0.5, 0.6) is 5.75 Å². The number of anilines is 1. The number of carbonyl (C=O) groups excluding carboxylic acids is 1. The first kappa shape index (κ1) is 19.1. The number of aromatic nitrogens is 2. The van der Waals surface area contributed by atoms with E-state index in [4.69, 9.17) is 16.0 Å². The van der Waals surface area contributed by atoms with Crippen molar-refractivity contribution in [2.45, 2.75) is 11.8 Å². The lowest BCUT2D eigenvalue weighted by atomic mass is 10.2. The van der Waals surface area contributed by atoms with Gasteiger partial charge in [-0.3, -0.25) is 4.79 Å². The Balaban J connectivity index is 1.60. The molecule has 6 nitrogen and oxygen atoms in total. The molecule has 0 bridgehead atoms. The molecule has 0 fully saturated rings. The number of alkyl halides is 2. The Morgan fingerprint density at radius 1 is 1.19 bits per heavy atom. The third-order valence-electron chi connectivity index (χ3n) is 3.21. The van der Waals surface area contributed by atoms with E-state index in [1.54, 1.807) is 30.3 Å². The molecule has 3 rings (SSSR count). The molecule has 2 aromatic carbocycles. The maximum absolute atomic E-state index is 12.4. The zero-order valence-corrected chi connectivity index (χ0v) is 15.1. The summed E-state index contributed by atoms with van der Waals surface area (Å²) >= 11 is 7.08. The number of thioether (sulfide) groups is 1. The normalized spacial score (nSPS) is 10.8. The molecular weight excluding hydrogens is 400 g/mol. The molecule has 0 aliphatic heterocycles. The van der Waals surface area contributed by atoms with E-state index in [0.717, 1.165) is 11.8 Å². The summed E-state index contributed by atoms with van der Waals surface area (Å²) in [6.07, 6.45) is 0. The maximum Gasteiger partial charge on any atom is 0.387 e. The molecule has 3 aromatic rings. The fourth-order valence-corrected chi connectivity index (χ4v) is 2.87. The number of ether oxygens (including phenoxy) is 1. The maximum atomic E-state index is 12.4. The number of carbonyl (C=O) groups is 1. The number of benzene rings is 2. The van der Waals surface area contributed by atoms with Gasteiger partial charge in [0.25, 0.3) is 5.22 Å². The molecule has 140 valence electrons. The third-order valence-corrected chi connectivity index (χ3v) is 4.36. The van der Waals surface area contributed by atoms with Crippen LogP contribution in [0.3, 0.4) is 0 Å². The molecule has 0 radical (unpaired) electrons. The topological polar surface area (TPSA) is 77.2 Å². The van der Waals surface area contributed by atoms with Gasteiger partial charge < -0.3 is 14.5 Å². The fourth-order valence-electron chi connectivity index (χ4n) is 2.09. The molecule has 1 heterocycles. The van der Waals surface area contributed by atoms with Crippen LogP contribution >= 0.6 is 23.4 Å². The van der Waals surface area contributed by atoms with E-state index in [2.05, 4.69) is 20.3 Å². The van der Waals surface area contributed by atoms with E-state index in [1.165, 1.54) is 18.2 Å². The van der Waals surface area contributed by atoms with E-state index >= 15 is 0 Å². The second kappa shape index (κ2) is 8.83. The highest BCUT2D eigenvalue weighted by Gasteiger charge is 2.15. The van der Waals surface area contributed by atoms with Crippen LogP contribution < -0.4 is 10.1 Å². The van der Waals surface area contributed by atoms with Crippen molar-refractivity contribution in [2.24, 2.45) is 0 Å². The van der Waals surface area contributed by atoms with Crippen molar-refractivity contribution in [1.29, 1.82) is 0 Å². The lowest BCUT2D eigenvalue weighted by molar-refractivity contribution is -0.113. The van der Waals surface area contributed by atoms with E-state index in [-0.39, 0.29) is 28.3 Å². The van der Waals surface area contributed by atoms with E-state index in [1.807, 2.05) is 0 Å². The minimum Gasteiger partial charge on any atom is -0.433 e. The van der Waals surface area contributed by atoms with Crippen molar-refractivity contribution in [3.8, 4) is 17.2 Å². The minimum atomic E-state index is -2.99. The number of nitrogens with zero attached hydrogens (tertiary/aromatic N) is 2. The molecular formula is C17H12ClF2N3O3S. The molecule has 0 spiro atoms. The number of hydrogen-bond acceptors (Lipinski definition) is 6. The van der Waals surface area contributed by atoms with Gasteiger partial charge in [0.1, 0.15) is 5.75 Å². The Morgan fingerprint density at radius 2 is 1.93 bits per heavy atom. The molecule has 1 amide bonds. The van der Waals surface area contributed by atoms with Crippen molar-refractivity contribution in [3.05, 3.63) is 53.6 Å². The molecule has 0 aliphatic rings. The number of hydrogen-bond donors (Lipinski definition) is 1. The lowest BCUT2D eigenvalue weighted by Gasteiger charge is -2.11. The quantitative estimate of drug-likeness (QED) is 0.567. The van der Waals surface area contributed by atoms with Crippen LogP contribution in [0.2, 0.25) is 5.02 Å². The number of rotatable bonds is 7. The van der Waals surface area contributed by atoms with Gasteiger partial charge in [-0.05, 0) is 24.3 Å². The van der Waals surface area contributed by atoms with Gasteiger partial charge in [0.15, 0.2) is 0 Å². The first-order valence-corrected chi connectivity index (χ1v) is 8.94. The predicted molar refractivity (Wildman–Crippen MR) is 97.2 cm³/mol. The van der Waals surface area contributed by atoms with Crippen LogP contribution in [0, 0.1) is 0 Å². The Kier molecular flexibility index (Phi) is 6.25. The highest BCUT2D eigenvalue weighted by atomic mass is 35.5. The predicted octanol–water partition coefficient (Wildman–Crippen LogP) is 4.72. The zero-order chi connectivity index (χ0) is 19.2. The van der Waals surface area contributed by atoms with Crippen LogP contribution in [0.25, 0.3) is 11.5 Å². The number of amides is 1. The van der Waals surface area contributed by atoms with Gasteiger partial charge in [-0.25, -0.2) is 0 Å². The van der Waals surface area contributed by atoms with Gasteiger partial charge in [-0.1, -0.05) is 47.6 Å². The third kappa shape index (κ3) is 5.18. The summed E-state index contributed by atoms with van der Waals surface area (Å²) in [6.45, 7) is -2.99. The number of para-hydroxylation sites is 2. The average Bonchev–Trinajstić information content (AvgIpc) is 3.10. The highest BCUT2D eigenvalue weighted by Crippen LogP contribution is 2.29. The fraction of sp³-hybridized carbons (Fsp3) is 0.118. The second-order valence-corrected chi connectivity index (χ2v) is 6.40. The monoisotopic (exact) mass is 411 g/mol. The van der Waals surface area contributed by atoms with Crippen molar-refractivity contribution < 1.29 is 22.7 Å². The summed E-state index contributed by atoms with van der Waals surface area (Å²) in [5.41, 5.74) is 0.728. The Hall–Kier alpha value is -2.65. The first-order chi connectivity index (χ1) is 13.0. The second-order valence-electron chi connectivity index (χ2n) is 5.06. The molecule has 0 atom stereocenters. The molecule has 10 heteroatoms. The first-order valence-electron chi connectivity index (χ1n) is 7.58. The molecule has 0 aliphatic carbocycles. The van der Waals surface area contributed by atoms with Crippen molar-refractivity contribution in [1.82, 2.24) is 10.2 Å². The van der Waals surface area contributed by atoms with Gasteiger partial charge in [-0.2, -0.15) is 8.78 Å². The molecule has 27 heavy (non-hydrogen) atoms. The Labute approximate surface area is 161 Å². The van der Waals surface area contributed by atoms with E-state index in [9.17, 15) is 13.6 Å². The van der Waals surface area contributed by atoms with E-state index < -0.39 is 12.5 Å². The van der Waals surface area contributed by atoms with Gasteiger partial charge >= 0.3 is 6.61 Å². The van der Waals surface area contributed by atoms with Gasteiger partial charge in [0, 0.05) is 0 Å². The standard InChI is InChI=1S/C17H12ClF2N3O3S/c18-11-6-2-1-5-10(11)15-22-23-17(26-15)27-9-14(24)21-12-7-3-4-8-13(12)25-16(19)20/h1-8,16H,9H2,(H,21,24). The summed E-state index contributed by atoms with van der Waals surface area (Å²) in [7, 11) is 0. The highest BCUT2D eigenvalue weighted by molar-refractivity contribution is 7.99. The van der Waals surface area contributed by atoms with Crippen LogP contribution in [0.15, 0.2) is 58.2 Å². The largest absolute Gasteiger partial charge is 0.433 e. The van der Waals surface area contributed by atoms with Crippen molar-refractivity contribution in [2.75, 3.05) is 11.1 Å². The van der Waals surface area contributed by atoms with Crippen molar-refractivity contribution in [3.63, 3.8) is 0 Å². The van der Waals surface area contributed by atoms with Crippen LogP contribution in [0.1, 0.15) is 0 Å². The summed E-state index contributed by atoms with van der Waals surface area (Å²) in [6, 6.07) is 12.9. The summed E-state index contributed by atoms with van der Waals surface area (Å²) < 4.78 is 34.6. The molecule has 0 saturated heterocycles. The van der Waals surface area contributed by atoms with Gasteiger partial charge in [0.2, 0.25) is 11.8 Å². The van der Waals surface area contributed by atoms with Crippen LogP contribution in [-0.2, 0) is 4.79 Å². The average molecular weight is 412 g/mol. The molecule has 0 unspecified atom stereocenters. The molecule has 1 aromatic heterocycles. The molecule has 1 N–H and O–H groups in total. The van der Waals surface area contributed by atoms with Crippen LogP contribution in [-0.4, -0.2) is 28.5 Å². The minimum absolute atomic E-state index is 0.0623. The SMILES string of the molecule is O=C(CSc1nnc(-c2ccccc2Cl)o1)Nc1ccccc1OC(F)F. The summed E-state index contributed by atoms with van der Waals surface area (Å²) in [5.74, 6) is -0.390. The molecule has 0 saturated carbocycles. The Bertz CT molecular complexity index is 939. The summed E-state index contributed by atoms with van der Waals surface area (Å²) in [4.78, 5) is 12.1. The van der Waals surface area contributed by atoms with Gasteiger partial charge in [-0.15, -0.1) is 10.2 Å². The summed E-state index contributed by atoms with van der Waals surface area (Å²) in [5, 5.41) is 10.9. The van der Waals surface area contributed by atoms with E-state index in [0.29, 0.717) is 10.6 Å². The Morgan fingerprint density at radius 3 is 2.70 bits per heavy atom. The number of halogens is 3.